The Balaban J connectivity index is 0.837. The highest BCUT2D eigenvalue weighted by atomic mass is 16.7. The lowest BCUT2D eigenvalue weighted by Gasteiger charge is -2.65. The minimum atomic E-state index is -1.01. The van der Waals surface area contributed by atoms with Gasteiger partial charge >= 0.3 is 5.97 Å². The van der Waals surface area contributed by atoms with Crippen LogP contribution < -0.4 is 0 Å². The number of rotatable bonds is 7. The van der Waals surface area contributed by atoms with Crippen molar-refractivity contribution in [1.82, 2.24) is 0 Å². The van der Waals surface area contributed by atoms with Gasteiger partial charge in [-0.2, -0.15) is 0 Å². The molecule has 21 atom stereocenters. The molecule has 4 saturated carbocycles. The predicted octanol–water partition coefficient (Wildman–Crippen LogP) is 2.22. The molecule has 0 aromatic heterocycles. The summed E-state index contributed by atoms with van der Waals surface area (Å²) in [5.41, 5.74) is -0.892. The van der Waals surface area contributed by atoms with E-state index in [9.17, 15) is 35.4 Å². The molecule has 0 amide bonds. The van der Waals surface area contributed by atoms with Crippen LogP contribution in [0.3, 0.4) is 0 Å². The highest BCUT2D eigenvalue weighted by molar-refractivity contribution is 5.85. The Hall–Kier alpha value is -1.27. The van der Waals surface area contributed by atoms with E-state index in [0.29, 0.717) is 18.8 Å². The van der Waals surface area contributed by atoms with Crippen LogP contribution in [0.25, 0.3) is 0 Å². The highest BCUT2D eigenvalue weighted by Gasteiger charge is 2.71. The minimum absolute atomic E-state index is 0.0452. The topological polar surface area (TPSA) is 203 Å². The van der Waals surface area contributed by atoms with E-state index in [2.05, 4.69) is 6.92 Å². The number of hydrogen-bond acceptors (Lipinski definition) is 14. The second kappa shape index (κ2) is 15.1. The zero-order valence-electron chi connectivity index (χ0n) is 32.9. The molecule has 4 heterocycles. The Morgan fingerprint density at radius 2 is 1.29 bits per heavy atom. The molecule has 14 nitrogen and oxygen atoms in total. The Morgan fingerprint density at radius 3 is 1.87 bits per heavy atom. The van der Waals surface area contributed by atoms with Gasteiger partial charge in [0, 0.05) is 30.8 Å². The van der Waals surface area contributed by atoms with Crippen LogP contribution in [0.5, 0.6) is 0 Å². The van der Waals surface area contributed by atoms with Gasteiger partial charge in [-0.3, -0.25) is 0 Å². The first-order chi connectivity index (χ1) is 26.0. The number of hydrogen-bond donors (Lipinski definition) is 6. The number of cyclic esters (lactones) is 1. The van der Waals surface area contributed by atoms with Gasteiger partial charge in [0.15, 0.2) is 18.9 Å². The minimum Gasteiger partial charge on any atom is -0.458 e. The van der Waals surface area contributed by atoms with Crippen molar-refractivity contribution in [3.05, 3.63) is 11.6 Å². The Labute approximate surface area is 323 Å². The summed E-state index contributed by atoms with van der Waals surface area (Å²) in [4.78, 5) is 11.9. The van der Waals surface area contributed by atoms with Crippen molar-refractivity contribution >= 4 is 5.97 Å². The Morgan fingerprint density at radius 1 is 0.691 bits per heavy atom. The number of fused-ring (bicyclic) bond motifs is 5. The maximum atomic E-state index is 12.6. The fourth-order valence-corrected chi connectivity index (χ4v) is 12.8. The molecule has 7 fully saturated rings. The van der Waals surface area contributed by atoms with Gasteiger partial charge in [0.1, 0.15) is 24.9 Å². The predicted molar refractivity (Wildman–Crippen MR) is 193 cm³/mol. The zero-order chi connectivity index (χ0) is 39.2. The molecule has 6 N–H and O–H groups in total. The molecule has 0 aromatic rings. The van der Waals surface area contributed by atoms with Gasteiger partial charge in [0.25, 0.3) is 0 Å². The van der Waals surface area contributed by atoms with Crippen molar-refractivity contribution in [3.63, 3.8) is 0 Å². The lowest BCUT2D eigenvalue weighted by molar-refractivity contribution is -0.336. The zero-order valence-corrected chi connectivity index (χ0v) is 32.9. The summed E-state index contributed by atoms with van der Waals surface area (Å²) in [6, 6.07) is 0. The summed E-state index contributed by atoms with van der Waals surface area (Å²) >= 11 is 0. The Kier molecular flexibility index (Phi) is 11.1. The van der Waals surface area contributed by atoms with Crippen LogP contribution in [0.4, 0.5) is 0 Å². The smallest absolute Gasteiger partial charge is 0.331 e. The molecule has 3 unspecified atom stereocenters. The van der Waals surface area contributed by atoms with Gasteiger partial charge in [-0.05, 0) is 107 Å². The van der Waals surface area contributed by atoms with E-state index in [-0.39, 0.29) is 61.1 Å². The quantitative estimate of drug-likeness (QED) is 0.162. The maximum absolute atomic E-state index is 12.6. The number of carbonyl (C=O) groups is 1. The second-order valence-corrected chi connectivity index (χ2v) is 18.8. The van der Waals surface area contributed by atoms with Crippen molar-refractivity contribution in [2.75, 3.05) is 6.61 Å². The number of esters is 1. The van der Waals surface area contributed by atoms with Crippen molar-refractivity contribution in [1.29, 1.82) is 0 Å². The highest BCUT2D eigenvalue weighted by Crippen LogP contribution is 2.70. The van der Waals surface area contributed by atoms with E-state index in [1.54, 1.807) is 19.9 Å². The van der Waals surface area contributed by atoms with Crippen molar-refractivity contribution in [2.24, 2.45) is 34.5 Å². The summed E-state index contributed by atoms with van der Waals surface area (Å²) in [5, 5.41) is 66.9. The van der Waals surface area contributed by atoms with E-state index in [1.807, 2.05) is 13.8 Å². The van der Waals surface area contributed by atoms with Gasteiger partial charge in [0.2, 0.25) is 0 Å². The Bertz CT molecular complexity index is 1410. The molecule has 312 valence electrons. The summed E-state index contributed by atoms with van der Waals surface area (Å²) in [6.07, 6.45) is -1.51. The molecule has 3 saturated heterocycles. The third kappa shape index (κ3) is 6.95. The van der Waals surface area contributed by atoms with Crippen molar-refractivity contribution in [3.8, 4) is 0 Å². The SMILES string of the molecule is C[C@H]1O[C@@H](O[C@H]2C(O)C[C@H](OC3CC[C@@]4(C)[C@H](CC[C@@H]5[C@@H]4C[C@@H](O)[C@]4(C)[C@@H](C6=CC(=O)OC6)CC[C@]54O)C3)O[C@@H]2C)C[C@H](O)C1O[C@H]1C[C@H](O)[C@H](O)[C@@H](C)O1. The molecule has 8 rings (SSSR count). The molecular formula is C41H64O14. The van der Waals surface area contributed by atoms with Crippen LogP contribution >= 0.6 is 0 Å². The normalized spacial score (nSPS) is 55.5. The monoisotopic (exact) mass is 780 g/mol. The first kappa shape index (κ1) is 40.5. The molecule has 0 aromatic carbocycles. The van der Waals surface area contributed by atoms with Crippen LogP contribution in [0, 0.1) is 34.5 Å². The molecule has 8 aliphatic rings. The van der Waals surface area contributed by atoms with Crippen molar-refractivity contribution < 1.29 is 68.6 Å². The standard InChI is InChI=1S/C41H64O14/c1-19-36(47)28(42)15-34(50-19)54-38-21(3)52-35(17-30(38)44)55-37-20(2)51-33(16-29(37)43)53-24-8-10-39(4)23(13-24)6-7-26-27(39)14-31(45)40(5)25(9-11-41(26,40)48)22-12-32(46)49-18-22/h12,19-21,23-31,33-38,42-45,47-48H,6-11,13-18H2,1-5H3/t19-,20-,21-,23-,24?,25-,26-,27+,28+,29?,30+,31-,33+,34+,35+,36-,37-,38?,39+,40+,41+/m1/s1. The molecule has 4 aliphatic carbocycles. The van der Waals surface area contributed by atoms with E-state index in [4.69, 9.17) is 33.2 Å². The molecule has 0 radical (unpaired) electrons. The number of ether oxygens (including phenoxy) is 7. The molecule has 14 heteroatoms. The molecule has 0 bridgehead atoms. The first-order valence-electron chi connectivity index (χ1n) is 20.9. The first-order valence-corrected chi connectivity index (χ1v) is 20.9. The van der Waals surface area contributed by atoms with Gasteiger partial charge in [0.05, 0.1) is 54.4 Å². The van der Waals surface area contributed by atoms with Crippen LogP contribution in [-0.4, -0.2) is 135 Å². The molecule has 55 heavy (non-hydrogen) atoms. The van der Waals surface area contributed by atoms with Crippen LogP contribution in [0.1, 0.15) is 105 Å². The van der Waals surface area contributed by atoms with Crippen LogP contribution in [0.2, 0.25) is 0 Å². The fraction of sp³-hybridized carbons (Fsp3) is 0.927. The summed E-state index contributed by atoms with van der Waals surface area (Å²) in [5.74, 6) is 0.204. The van der Waals surface area contributed by atoms with Gasteiger partial charge in [-0.15, -0.1) is 0 Å². The number of aliphatic hydroxyl groups excluding tert-OH is 5. The third-order valence-corrected chi connectivity index (χ3v) is 16.0. The lowest BCUT2D eigenvalue weighted by atomic mass is 9.42. The molecule has 4 aliphatic heterocycles. The number of aliphatic hydroxyl groups is 6. The van der Waals surface area contributed by atoms with Gasteiger partial charge in [-0.25, -0.2) is 4.79 Å². The third-order valence-electron chi connectivity index (χ3n) is 16.0. The second-order valence-electron chi connectivity index (χ2n) is 18.8. The average molecular weight is 781 g/mol. The van der Waals surface area contributed by atoms with E-state index < -0.39 is 90.9 Å². The van der Waals surface area contributed by atoms with Crippen molar-refractivity contribution in [2.45, 2.75) is 197 Å². The van der Waals surface area contributed by atoms with Gasteiger partial charge in [-0.1, -0.05) is 13.8 Å². The van der Waals surface area contributed by atoms with E-state index >= 15 is 0 Å². The van der Waals surface area contributed by atoms with Gasteiger partial charge < -0.3 is 63.8 Å². The maximum Gasteiger partial charge on any atom is 0.331 e. The largest absolute Gasteiger partial charge is 0.458 e. The van der Waals surface area contributed by atoms with Crippen LogP contribution in [-0.2, 0) is 38.0 Å². The lowest BCUT2D eigenvalue weighted by Crippen LogP contribution is -2.67. The van der Waals surface area contributed by atoms with E-state index in [1.165, 1.54) is 0 Å². The summed E-state index contributed by atoms with van der Waals surface area (Å²) in [6.45, 7) is 9.90. The summed E-state index contributed by atoms with van der Waals surface area (Å²) in [7, 11) is 0. The molecular weight excluding hydrogens is 716 g/mol. The molecule has 0 spiro atoms. The summed E-state index contributed by atoms with van der Waals surface area (Å²) < 4.78 is 42.1. The van der Waals surface area contributed by atoms with Crippen LogP contribution in [0.15, 0.2) is 11.6 Å². The average Bonchev–Trinajstić information content (AvgIpc) is 3.67. The van der Waals surface area contributed by atoms with E-state index in [0.717, 1.165) is 44.1 Å². The number of carbonyl (C=O) groups excluding carboxylic acids is 1. The fourth-order valence-electron chi connectivity index (χ4n) is 12.8.